The maximum atomic E-state index is 12.4. The van der Waals surface area contributed by atoms with Crippen molar-refractivity contribution in [3.63, 3.8) is 0 Å². The van der Waals surface area contributed by atoms with E-state index in [1.165, 1.54) is 0 Å². The molecule has 23 heavy (non-hydrogen) atoms. The molecule has 2 aliphatic rings. The number of nitrogens with one attached hydrogen (secondary N) is 3. The maximum absolute atomic E-state index is 12.4. The molecule has 1 saturated carbocycles. The van der Waals surface area contributed by atoms with Crippen LogP contribution in [0.2, 0.25) is 0 Å². The molecule has 3 rings (SSSR count). The van der Waals surface area contributed by atoms with Crippen LogP contribution >= 0.6 is 0 Å². The Kier molecular flexibility index (Phi) is 4.81. The number of carbonyl (C=O) groups excluding carboxylic acids is 2. The van der Waals surface area contributed by atoms with Crippen molar-refractivity contribution in [1.82, 2.24) is 10.6 Å². The SMILES string of the molecule is COc1ccc(NC(=O)C2CCNCC2)c(C(=O)NC2CC2)c1. The van der Waals surface area contributed by atoms with Gasteiger partial charge in [-0.2, -0.15) is 0 Å². The highest BCUT2D eigenvalue weighted by molar-refractivity contribution is 6.04. The minimum Gasteiger partial charge on any atom is -0.497 e. The zero-order chi connectivity index (χ0) is 16.2. The van der Waals surface area contributed by atoms with Crippen molar-refractivity contribution >= 4 is 17.5 Å². The van der Waals surface area contributed by atoms with Crippen molar-refractivity contribution in [3.8, 4) is 5.75 Å². The van der Waals surface area contributed by atoms with Gasteiger partial charge in [0.1, 0.15) is 5.75 Å². The fraction of sp³-hybridized carbons (Fsp3) is 0.529. The fourth-order valence-corrected chi connectivity index (χ4v) is 2.76. The van der Waals surface area contributed by atoms with E-state index >= 15 is 0 Å². The Morgan fingerprint density at radius 2 is 1.91 bits per heavy atom. The van der Waals surface area contributed by atoms with Crippen molar-refractivity contribution in [2.45, 2.75) is 31.7 Å². The summed E-state index contributed by atoms with van der Waals surface area (Å²) < 4.78 is 5.20. The fourth-order valence-electron chi connectivity index (χ4n) is 2.76. The molecule has 2 amide bonds. The summed E-state index contributed by atoms with van der Waals surface area (Å²) in [5.41, 5.74) is 1.01. The van der Waals surface area contributed by atoms with E-state index in [0.717, 1.165) is 38.8 Å². The van der Waals surface area contributed by atoms with Gasteiger partial charge in [0.25, 0.3) is 5.91 Å². The average Bonchev–Trinajstić information content (AvgIpc) is 3.39. The number of anilines is 1. The summed E-state index contributed by atoms with van der Waals surface area (Å²) in [7, 11) is 1.56. The van der Waals surface area contributed by atoms with Crippen molar-refractivity contribution < 1.29 is 14.3 Å². The minimum atomic E-state index is -0.160. The lowest BCUT2D eigenvalue weighted by molar-refractivity contribution is -0.120. The second-order valence-electron chi connectivity index (χ2n) is 6.17. The number of hydrogen-bond donors (Lipinski definition) is 3. The summed E-state index contributed by atoms with van der Waals surface area (Å²) in [4.78, 5) is 24.8. The quantitative estimate of drug-likeness (QED) is 0.769. The summed E-state index contributed by atoms with van der Waals surface area (Å²) in [6.45, 7) is 1.71. The molecular weight excluding hydrogens is 294 g/mol. The van der Waals surface area contributed by atoms with Gasteiger partial charge in [0.2, 0.25) is 5.91 Å². The Bertz CT molecular complexity index is 593. The van der Waals surface area contributed by atoms with Gasteiger partial charge in [0.05, 0.1) is 18.4 Å². The first kappa shape index (κ1) is 15.8. The van der Waals surface area contributed by atoms with E-state index < -0.39 is 0 Å². The van der Waals surface area contributed by atoms with Gasteiger partial charge in [-0.25, -0.2) is 0 Å². The van der Waals surface area contributed by atoms with Crippen molar-refractivity contribution in [2.75, 3.05) is 25.5 Å². The molecule has 1 aliphatic carbocycles. The highest BCUT2D eigenvalue weighted by Gasteiger charge is 2.26. The zero-order valence-corrected chi connectivity index (χ0v) is 13.4. The molecule has 0 spiro atoms. The molecule has 6 heteroatoms. The zero-order valence-electron chi connectivity index (χ0n) is 13.4. The summed E-state index contributed by atoms with van der Waals surface area (Å²) in [6.07, 6.45) is 3.69. The second kappa shape index (κ2) is 7.00. The normalized spacial score (nSPS) is 18.3. The molecule has 2 fully saturated rings. The van der Waals surface area contributed by atoms with E-state index in [1.54, 1.807) is 25.3 Å². The Balaban J connectivity index is 1.76. The molecule has 0 bridgehead atoms. The Morgan fingerprint density at radius 1 is 1.17 bits per heavy atom. The average molecular weight is 317 g/mol. The standard InChI is InChI=1S/C17H23N3O3/c1-23-13-4-5-15(14(10-13)17(22)19-12-2-3-12)20-16(21)11-6-8-18-9-7-11/h4-5,10-12,18H,2-3,6-9H2,1H3,(H,19,22)(H,20,21). The van der Waals surface area contributed by atoms with Crippen LogP contribution < -0.4 is 20.7 Å². The van der Waals surface area contributed by atoms with Crippen LogP contribution in [0, 0.1) is 5.92 Å². The van der Waals surface area contributed by atoms with Crippen molar-refractivity contribution in [1.29, 1.82) is 0 Å². The van der Waals surface area contributed by atoms with Crippen LogP contribution in [0.5, 0.6) is 5.75 Å². The first-order valence-corrected chi connectivity index (χ1v) is 8.18. The van der Waals surface area contributed by atoms with Gasteiger partial charge < -0.3 is 20.7 Å². The van der Waals surface area contributed by atoms with Gasteiger partial charge >= 0.3 is 0 Å². The monoisotopic (exact) mass is 317 g/mol. The van der Waals surface area contributed by atoms with Gasteiger partial charge in [-0.3, -0.25) is 9.59 Å². The van der Waals surface area contributed by atoms with Gasteiger partial charge in [-0.05, 0) is 57.0 Å². The number of piperidine rings is 1. The molecular formula is C17H23N3O3. The lowest BCUT2D eigenvalue weighted by atomic mass is 9.97. The first-order chi connectivity index (χ1) is 11.2. The summed E-state index contributed by atoms with van der Waals surface area (Å²) in [5.74, 6) is 0.424. The van der Waals surface area contributed by atoms with Crippen molar-refractivity contribution in [2.24, 2.45) is 5.92 Å². The minimum absolute atomic E-state index is 0.00213. The van der Waals surface area contributed by atoms with Crippen LogP contribution in [-0.4, -0.2) is 38.1 Å². The number of ether oxygens (including phenoxy) is 1. The summed E-state index contributed by atoms with van der Waals surface area (Å²) >= 11 is 0. The van der Waals surface area contributed by atoms with E-state index in [4.69, 9.17) is 4.74 Å². The lowest BCUT2D eigenvalue weighted by Crippen LogP contribution is -2.35. The summed E-state index contributed by atoms with van der Waals surface area (Å²) in [5, 5.41) is 9.13. The highest BCUT2D eigenvalue weighted by Crippen LogP contribution is 2.26. The third-order valence-electron chi connectivity index (χ3n) is 4.35. The van der Waals surface area contributed by atoms with Gasteiger partial charge in [0, 0.05) is 12.0 Å². The van der Waals surface area contributed by atoms with E-state index in [1.807, 2.05) is 0 Å². The smallest absolute Gasteiger partial charge is 0.253 e. The van der Waals surface area contributed by atoms with Gasteiger partial charge in [0.15, 0.2) is 0 Å². The van der Waals surface area contributed by atoms with E-state index in [0.29, 0.717) is 17.0 Å². The van der Waals surface area contributed by atoms with E-state index in [-0.39, 0.29) is 23.8 Å². The van der Waals surface area contributed by atoms with Crippen LogP contribution in [0.1, 0.15) is 36.0 Å². The molecule has 0 atom stereocenters. The molecule has 1 aromatic carbocycles. The summed E-state index contributed by atoms with van der Waals surface area (Å²) in [6, 6.07) is 5.43. The molecule has 1 aromatic rings. The predicted octanol–water partition coefficient (Wildman–Crippen LogP) is 1.53. The molecule has 1 aliphatic heterocycles. The maximum Gasteiger partial charge on any atom is 0.253 e. The van der Waals surface area contributed by atoms with Crippen molar-refractivity contribution in [3.05, 3.63) is 23.8 Å². The molecule has 1 saturated heterocycles. The largest absolute Gasteiger partial charge is 0.497 e. The van der Waals surface area contributed by atoms with Crippen LogP contribution in [0.25, 0.3) is 0 Å². The lowest BCUT2D eigenvalue weighted by Gasteiger charge is -2.22. The Labute approximate surface area is 136 Å². The number of amides is 2. The van der Waals surface area contributed by atoms with Crippen LogP contribution in [0.3, 0.4) is 0 Å². The number of benzene rings is 1. The van der Waals surface area contributed by atoms with Crippen LogP contribution in [-0.2, 0) is 4.79 Å². The number of carbonyl (C=O) groups is 2. The number of methoxy groups -OCH3 is 1. The molecule has 0 unspecified atom stereocenters. The molecule has 124 valence electrons. The molecule has 0 aromatic heterocycles. The molecule has 1 heterocycles. The predicted molar refractivity (Wildman–Crippen MR) is 87.7 cm³/mol. The van der Waals surface area contributed by atoms with Crippen LogP contribution in [0.15, 0.2) is 18.2 Å². The van der Waals surface area contributed by atoms with E-state index in [2.05, 4.69) is 16.0 Å². The Morgan fingerprint density at radius 3 is 2.57 bits per heavy atom. The third-order valence-corrected chi connectivity index (χ3v) is 4.35. The van der Waals surface area contributed by atoms with Crippen LogP contribution in [0.4, 0.5) is 5.69 Å². The Hall–Kier alpha value is -2.08. The number of hydrogen-bond acceptors (Lipinski definition) is 4. The first-order valence-electron chi connectivity index (χ1n) is 8.18. The highest BCUT2D eigenvalue weighted by atomic mass is 16.5. The topological polar surface area (TPSA) is 79.5 Å². The third kappa shape index (κ3) is 4.01. The van der Waals surface area contributed by atoms with Gasteiger partial charge in [-0.1, -0.05) is 0 Å². The van der Waals surface area contributed by atoms with Gasteiger partial charge in [-0.15, -0.1) is 0 Å². The van der Waals surface area contributed by atoms with E-state index in [9.17, 15) is 9.59 Å². The molecule has 6 nitrogen and oxygen atoms in total. The molecule has 3 N–H and O–H groups in total. The molecule has 0 radical (unpaired) electrons. The second-order valence-corrected chi connectivity index (χ2v) is 6.17. The number of rotatable bonds is 5.